The van der Waals surface area contributed by atoms with Gasteiger partial charge in [-0.3, -0.25) is 0 Å². The fourth-order valence-electron chi connectivity index (χ4n) is 4.14. The number of hydrogen-bond acceptors (Lipinski definition) is 10. The van der Waals surface area contributed by atoms with Crippen molar-refractivity contribution in [2.75, 3.05) is 6.61 Å². The molecule has 8 nitrogen and oxygen atoms in total. The van der Waals surface area contributed by atoms with Crippen molar-refractivity contribution in [2.24, 2.45) is 37.2 Å². The number of aliphatic hydroxyl groups excluding tert-OH is 2. The normalized spacial score (nSPS) is 16.7. The molecule has 0 amide bonds. The lowest BCUT2D eigenvalue weighted by Crippen LogP contribution is -2.30. The number of hydrogen-bond donors (Lipinski definition) is 3. The Hall–Kier alpha value is -4.74. The number of thioether (sulfide) groups is 2. The van der Waals surface area contributed by atoms with Gasteiger partial charge in [-0.15, -0.1) is 0 Å². The fraction of sp³-hybridized carbons (Fsp3) is 0.304. The van der Waals surface area contributed by atoms with Crippen molar-refractivity contribution in [2.45, 2.75) is 72.8 Å². The van der Waals surface area contributed by atoms with Gasteiger partial charge in [0.05, 0.1) is 24.6 Å². The summed E-state index contributed by atoms with van der Waals surface area (Å²) in [6, 6.07) is 10.1. The van der Waals surface area contributed by atoms with Crippen molar-refractivity contribution >= 4 is 48.4 Å². The van der Waals surface area contributed by atoms with Crippen molar-refractivity contribution in [3.05, 3.63) is 162 Å². The second kappa shape index (κ2) is 30.5. The van der Waals surface area contributed by atoms with Crippen LogP contribution >= 0.6 is 23.5 Å². The average molecular weight is 797 g/mol. The van der Waals surface area contributed by atoms with E-state index in [1.54, 1.807) is 48.5 Å². The Kier molecular flexibility index (Phi) is 27.9. The monoisotopic (exact) mass is 796 g/mol. The lowest BCUT2D eigenvalue weighted by Gasteiger charge is -2.33. The SMILES string of the molecule is C=C/C=C\C(=C)S/C=C/C=N/N/N=C/C=C.C=C/C=N/N(/N=C/C=C/Sc1ccccc1)/C(=C/C(C)=C\CC(C)(C)C)CO.CC1=CC(C(C)(C)C)C(O)C=C1. The Morgan fingerprint density at radius 3 is 2.12 bits per heavy atom. The van der Waals surface area contributed by atoms with E-state index < -0.39 is 0 Å². The molecule has 302 valence electrons. The summed E-state index contributed by atoms with van der Waals surface area (Å²) in [7, 11) is 0. The molecule has 0 aromatic heterocycles. The topological polar surface area (TPSA) is 105 Å². The highest BCUT2D eigenvalue weighted by molar-refractivity contribution is 8.06. The first-order valence-corrected chi connectivity index (χ1v) is 19.9. The number of nitrogens with zero attached hydrogens (tertiary/aromatic N) is 5. The summed E-state index contributed by atoms with van der Waals surface area (Å²) in [5.74, 6) is 0.252. The van der Waals surface area contributed by atoms with Gasteiger partial charge in [0.15, 0.2) is 0 Å². The lowest BCUT2D eigenvalue weighted by atomic mass is 9.75. The van der Waals surface area contributed by atoms with Crippen molar-refractivity contribution < 1.29 is 10.2 Å². The molecule has 0 radical (unpaired) electrons. The largest absolute Gasteiger partial charge is 0.390 e. The third-order valence-corrected chi connectivity index (χ3v) is 8.53. The first-order chi connectivity index (χ1) is 26.6. The molecular formula is C46H64N6O2S2. The molecule has 1 aromatic carbocycles. The van der Waals surface area contributed by atoms with E-state index in [2.05, 4.69) is 113 Å². The van der Waals surface area contributed by atoms with E-state index in [0.717, 1.165) is 21.8 Å². The number of nitrogens with one attached hydrogen (secondary N) is 1. The third kappa shape index (κ3) is 27.8. The lowest BCUT2D eigenvalue weighted by molar-refractivity contribution is 0.106. The maximum absolute atomic E-state index is 9.79. The summed E-state index contributed by atoms with van der Waals surface area (Å²) in [4.78, 5) is 2.09. The molecule has 0 heterocycles. The Morgan fingerprint density at radius 2 is 1.54 bits per heavy atom. The molecule has 0 fully saturated rings. The Labute approximate surface area is 346 Å². The van der Waals surface area contributed by atoms with Gasteiger partial charge in [0.25, 0.3) is 0 Å². The average Bonchev–Trinajstić information content (AvgIpc) is 3.15. The Morgan fingerprint density at radius 1 is 0.893 bits per heavy atom. The second-order valence-corrected chi connectivity index (χ2v) is 16.4. The van der Waals surface area contributed by atoms with Crippen LogP contribution in [0.25, 0.3) is 0 Å². The van der Waals surface area contributed by atoms with E-state index in [9.17, 15) is 10.2 Å². The van der Waals surface area contributed by atoms with Gasteiger partial charge >= 0.3 is 0 Å². The molecule has 1 aromatic rings. The first kappa shape index (κ1) is 51.3. The van der Waals surface area contributed by atoms with Gasteiger partial charge in [-0.1, -0.05) is 157 Å². The zero-order valence-electron chi connectivity index (χ0n) is 34.6. The van der Waals surface area contributed by atoms with E-state index in [1.165, 1.54) is 34.9 Å². The molecule has 0 spiro atoms. The molecule has 10 heteroatoms. The minimum atomic E-state index is -0.311. The zero-order valence-corrected chi connectivity index (χ0v) is 36.3. The van der Waals surface area contributed by atoms with Gasteiger partial charge in [-0.05, 0) is 90.5 Å². The van der Waals surface area contributed by atoms with Crippen molar-refractivity contribution in [1.82, 2.24) is 10.7 Å². The summed E-state index contributed by atoms with van der Waals surface area (Å²) in [6.07, 6.45) is 29.2. The van der Waals surface area contributed by atoms with Gasteiger partial charge in [0, 0.05) is 34.4 Å². The molecule has 2 atom stereocenters. The van der Waals surface area contributed by atoms with E-state index in [1.807, 2.05) is 84.5 Å². The Balaban J connectivity index is 0.000000906. The predicted molar refractivity (Wildman–Crippen MR) is 251 cm³/mol. The molecule has 0 saturated heterocycles. The summed E-state index contributed by atoms with van der Waals surface area (Å²) in [5.41, 5.74) is 5.72. The molecule has 3 N–H and O–H groups in total. The molecule has 1 aliphatic rings. The number of rotatable bonds is 18. The Bertz CT molecular complexity index is 1660. The highest BCUT2D eigenvalue weighted by Gasteiger charge is 2.29. The second-order valence-electron chi connectivity index (χ2n) is 14.4. The number of aliphatic hydroxyl groups is 2. The van der Waals surface area contributed by atoms with Gasteiger partial charge in [0.2, 0.25) is 0 Å². The quantitative estimate of drug-likeness (QED) is 0.0591. The minimum absolute atomic E-state index is 0.144. The third-order valence-electron chi connectivity index (χ3n) is 6.96. The van der Waals surface area contributed by atoms with Crippen LogP contribution in [0.3, 0.4) is 0 Å². The summed E-state index contributed by atoms with van der Waals surface area (Å²) >= 11 is 3.11. The summed E-state index contributed by atoms with van der Waals surface area (Å²) in [6.45, 7) is 31.5. The number of benzene rings is 1. The number of allylic oxidation sites excluding steroid dienone is 12. The number of hydrazone groups is 4. The van der Waals surface area contributed by atoms with E-state index in [-0.39, 0.29) is 29.5 Å². The molecule has 0 saturated carbocycles. The van der Waals surface area contributed by atoms with E-state index >= 15 is 0 Å². The minimum Gasteiger partial charge on any atom is -0.390 e. The molecule has 56 heavy (non-hydrogen) atoms. The summed E-state index contributed by atoms with van der Waals surface area (Å²) < 4.78 is 0. The van der Waals surface area contributed by atoms with Crippen LogP contribution in [0.15, 0.2) is 187 Å². The van der Waals surface area contributed by atoms with E-state index in [4.69, 9.17) is 0 Å². The van der Waals surface area contributed by atoms with Crippen LogP contribution in [-0.2, 0) is 0 Å². The van der Waals surface area contributed by atoms with Gasteiger partial charge < -0.3 is 10.2 Å². The van der Waals surface area contributed by atoms with Crippen LogP contribution in [0.2, 0.25) is 0 Å². The molecule has 0 aliphatic heterocycles. The van der Waals surface area contributed by atoms with Gasteiger partial charge in [0.1, 0.15) is 0 Å². The smallest absolute Gasteiger partial charge is 0.0887 e. The predicted octanol–water partition coefficient (Wildman–Crippen LogP) is 11.8. The highest BCUT2D eigenvalue weighted by atomic mass is 32.2. The van der Waals surface area contributed by atoms with Crippen LogP contribution in [0.4, 0.5) is 0 Å². The van der Waals surface area contributed by atoms with Crippen molar-refractivity contribution in [3.8, 4) is 0 Å². The first-order valence-electron chi connectivity index (χ1n) is 18.2. The molecule has 1 aliphatic carbocycles. The maximum atomic E-state index is 9.79. The zero-order chi connectivity index (χ0) is 42.2. The molecular weight excluding hydrogens is 733 g/mol. The summed E-state index contributed by atoms with van der Waals surface area (Å²) in [5, 5.41) is 40.7. The van der Waals surface area contributed by atoms with Crippen molar-refractivity contribution in [3.63, 3.8) is 0 Å². The van der Waals surface area contributed by atoms with Gasteiger partial charge in [-0.25, -0.2) is 0 Å². The standard InChI is InChI=1S/C23H31N3OS.C12H15N3S.C11H18O/c1-6-15-24-26(21(19-27)18-20(2)13-14-23(3,4)5)25-16-10-17-28-22-11-8-7-9-12-22;1-4-6-8-12(3)16-11-7-10-14-15-13-9-5-2;1-8-5-6-10(12)9(7-8)11(2,3)4/h6-13,15-18,27H,1,14,19H2,2-5H3;4-11,15H,1-3H2;5-7,9-10,12H,1-4H3/b17-10+,20-13-,21-18+,24-15+,25-16+;8-6-,11-7+,13-9+,14-10+;. The highest BCUT2D eigenvalue weighted by Crippen LogP contribution is 2.33. The van der Waals surface area contributed by atoms with E-state index in [0.29, 0.717) is 5.70 Å². The van der Waals surface area contributed by atoms with Crippen LogP contribution in [0.1, 0.15) is 61.8 Å². The van der Waals surface area contributed by atoms with Crippen molar-refractivity contribution in [1.29, 1.82) is 0 Å². The van der Waals surface area contributed by atoms with Crippen LogP contribution in [-0.4, -0.2) is 52.9 Å². The maximum Gasteiger partial charge on any atom is 0.0887 e. The van der Waals surface area contributed by atoms with Crippen LogP contribution in [0, 0.1) is 16.7 Å². The molecule has 2 rings (SSSR count). The van der Waals surface area contributed by atoms with Gasteiger partial charge in [-0.2, -0.15) is 31.1 Å². The van der Waals surface area contributed by atoms with Crippen LogP contribution in [0.5, 0.6) is 0 Å². The fourth-order valence-corrected chi connectivity index (χ4v) is 5.24. The molecule has 2 unspecified atom stereocenters. The van der Waals surface area contributed by atoms with Crippen LogP contribution < -0.4 is 5.53 Å². The molecule has 0 bridgehead atoms.